The summed E-state index contributed by atoms with van der Waals surface area (Å²) in [6.45, 7) is 0.0643. The fraction of sp³-hybridized carbons (Fsp3) is 0.200. The van der Waals surface area contributed by atoms with Gasteiger partial charge in [-0.25, -0.2) is 13.1 Å². The molecule has 0 bridgehead atoms. The molecule has 102 valence electrons. The minimum Gasteiger partial charge on any atom is -0.398 e. The van der Waals surface area contributed by atoms with Crippen molar-refractivity contribution in [1.82, 2.24) is 19.5 Å². The Kier molecular flexibility index (Phi) is 3.88. The first-order valence-electron chi connectivity index (χ1n) is 5.28. The molecule has 0 radical (unpaired) electrons. The second-order valence-electron chi connectivity index (χ2n) is 3.87. The summed E-state index contributed by atoms with van der Waals surface area (Å²) in [6, 6.07) is 4.45. The van der Waals surface area contributed by atoms with Crippen LogP contribution < -0.4 is 10.5 Å². The van der Waals surface area contributed by atoms with Crippen LogP contribution in [-0.2, 0) is 23.6 Å². The van der Waals surface area contributed by atoms with E-state index in [9.17, 15) is 8.42 Å². The van der Waals surface area contributed by atoms with Crippen molar-refractivity contribution in [1.29, 1.82) is 0 Å². The lowest BCUT2D eigenvalue weighted by molar-refractivity contribution is 0.577. The maximum Gasteiger partial charge on any atom is 0.241 e. The molecule has 0 amide bonds. The molecule has 1 aromatic heterocycles. The molecular weight excluding hydrogens is 334 g/mol. The standard InChI is InChI=1S/C10H12BrN5O2S/c1-16-6-13-15-10(16)5-14-19(17,18)7-2-3-8(11)9(12)4-7/h2-4,6,14H,5,12H2,1H3. The monoisotopic (exact) mass is 345 g/mol. The second-order valence-corrected chi connectivity index (χ2v) is 6.49. The van der Waals surface area contributed by atoms with E-state index in [1.807, 2.05) is 0 Å². The summed E-state index contributed by atoms with van der Waals surface area (Å²) >= 11 is 3.21. The van der Waals surface area contributed by atoms with Gasteiger partial charge in [-0.3, -0.25) is 0 Å². The van der Waals surface area contributed by atoms with Crippen molar-refractivity contribution in [2.24, 2.45) is 7.05 Å². The van der Waals surface area contributed by atoms with E-state index in [2.05, 4.69) is 30.8 Å². The Balaban J connectivity index is 2.18. The SMILES string of the molecule is Cn1cnnc1CNS(=O)(=O)c1ccc(Br)c(N)c1. The van der Waals surface area contributed by atoms with Crippen LogP contribution in [0.3, 0.4) is 0 Å². The highest BCUT2D eigenvalue weighted by Gasteiger charge is 2.16. The van der Waals surface area contributed by atoms with Crippen molar-refractivity contribution in [2.45, 2.75) is 11.4 Å². The first-order chi connectivity index (χ1) is 8.90. The molecule has 1 aromatic carbocycles. The minimum absolute atomic E-state index is 0.0643. The van der Waals surface area contributed by atoms with Gasteiger partial charge in [0, 0.05) is 17.2 Å². The topological polar surface area (TPSA) is 103 Å². The molecule has 7 nitrogen and oxygen atoms in total. The van der Waals surface area contributed by atoms with Gasteiger partial charge in [-0.2, -0.15) is 0 Å². The number of hydrogen-bond donors (Lipinski definition) is 2. The molecule has 1 heterocycles. The highest BCUT2D eigenvalue weighted by molar-refractivity contribution is 9.10. The number of benzene rings is 1. The minimum atomic E-state index is -3.62. The highest BCUT2D eigenvalue weighted by atomic mass is 79.9. The molecule has 0 aliphatic heterocycles. The zero-order chi connectivity index (χ0) is 14.0. The molecule has 2 rings (SSSR count). The van der Waals surface area contributed by atoms with E-state index in [0.29, 0.717) is 16.0 Å². The van der Waals surface area contributed by atoms with Crippen LogP contribution in [0, 0.1) is 0 Å². The van der Waals surface area contributed by atoms with Crippen molar-refractivity contribution in [3.8, 4) is 0 Å². The first-order valence-corrected chi connectivity index (χ1v) is 7.55. The Labute approximate surface area is 119 Å². The Morgan fingerprint density at radius 1 is 1.47 bits per heavy atom. The number of nitrogens with two attached hydrogens (primary N) is 1. The van der Waals surface area contributed by atoms with Gasteiger partial charge in [0.05, 0.1) is 11.4 Å². The van der Waals surface area contributed by atoms with Gasteiger partial charge in [-0.1, -0.05) is 0 Å². The third kappa shape index (κ3) is 3.11. The van der Waals surface area contributed by atoms with Crippen molar-refractivity contribution in [2.75, 3.05) is 5.73 Å². The predicted molar refractivity (Wildman–Crippen MR) is 73.6 cm³/mol. The number of aryl methyl sites for hydroxylation is 1. The molecular formula is C10H12BrN5O2S. The molecule has 2 aromatic rings. The maximum atomic E-state index is 12.1. The summed E-state index contributed by atoms with van der Waals surface area (Å²) in [4.78, 5) is 0.107. The number of rotatable bonds is 4. The van der Waals surface area contributed by atoms with Crippen LogP contribution in [0.15, 0.2) is 33.9 Å². The van der Waals surface area contributed by atoms with Crippen LogP contribution in [0.4, 0.5) is 5.69 Å². The van der Waals surface area contributed by atoms with Gasteiger partial charge < -0.3 is 10.3 Å². The number of aromatic nitrogens is 3. The quantitative estimate of drug-likeness (QED) is 0.791. The molecule has 0 saturated heterocycles. The maximum absolute atomic E-state index is 12.1. The molecule has 9 heteroatoms. The van der Waals surface area contributed by atoms with Gasteiger partial charge in [0.15, 0.2) is 0 Å². The van der Waals surface area contributed by atoms with Gasteiger partial charge in [-0.15, -0.1) is 10.2 Å². The van der Waals surface area contributed by atoms with E-state index in [1.54, 1.807) is 17.7 Å². The molecule has 0 aliphatic carbocycles. The molecule has 3 N–H and O–H groups in total. The molecule has 0 aliphatic rings. The van der Waals surface area contributed by atoms with Crippen LogP contribution in [0.2, 0.25) is 0 Å². The Morgan fingerprint density at radius 3 is 2.79 bits per heavy atom. The van der Waals surface area contributed by atoms with E-state index in [1.165, 1.54) is 18.5 Å². The summed E-state index contributed by atoms with van der Waals surface area (Å²) in [5, 5.41) is 7.47. The highest BCUT2D eigenvalue weighted by Crippen LogP contribution is 2.22. The lowest BCUT2D eigenvalue weighted by Crippen LogP contribution is -2.24. The van der Waals surface area contributed by atoms with Crippen molar-refractivity contribution < 1.29 is 8.42 Å². The third-order valence-corrected chi connectivity index (χ3v) is 4.62. The van der Waals surface area contributed by atoms with Crippen molar-refractivity contribution in [3.05, 3.63) is 34.8 Å². The lowest BCUT2D eigenvalue weighted by atomic mass is 10.3. The van der Waals surface area contributed by atoms with Crippen LogP contribution in [-0.4, -0.2) is 23.2 Å². The third-order valence-electron chi connectivity index (χ3n) is 2.50. The number of nitrogen functional groups attached to an aromatic ring is 1. The van der Waals surface area contributed by atoms with E-state index in [-0.39, 0.29) is 11.4 Å². The number of sulfonamides is 1. The summed E-state index contributed by atoms with van der Waals surface area (Å²) in [5.41, 5.74) is 6.03. The molecule has 0 atom stereocenters. The van der Waals surface area contributed by atoms with E-state index >= 15 is 0 Å². The van der Waals surface area contributed by atoms with E-state index in [4.69, 9.17) is 5.73 Å². The van der Waals surface area contributed by atoms with Gasteiger partial charge >= 0.3 is 0 Å². The zero-order valence-electron chi connectivity index (χ0n) is 10.0. The fourth-order valence-corrected chi connectivity index (χ4v) is 2.66. The summed E-state index contributed by atoms with van der Waals surface area (Å²) in [6.07, 6.45) is 1.50. The Bertz CT molecular complexity index is 698. The zero-order valence-corrected chi connectivity index (χ0v) is 12.4. The van der Waals surface area contributed by atoms with Crippen LogP contribution >= 0.6 is 15.9 Å². The summed E-state index contributed by atoms with van der Waals surface area (Å²) in [5.74, 6) is 0.522. The Morgan fingerprint density at radius 2 is 2.21 bits per heavy atom. The Hall–Kier alpha value is -1.45. The molecule has 19 heavy (non-hydrogen) atoms. The van der Waals surface area contributed by atoms with Gasteiger partial charge in [0.25, 0.3) is 0 Å². The fourth-order valence-electron chi connectivity index (χ4n) is 1.40. The largest absolute Gasteiger partial charge is 0.398 e. The number of nitrogens with one attached hydrogen (secondary N) is 1. The summed E-state index contributed by atoms with van der Waals surface area (Å²) < 4.78 is 28.9. The van der Waals surface area contributed by atoms with Crippen molar-refractivity contribution >= 4 is 31.6 Å². The second kappa shape index (κ2) is 5.27. The number of nitrogens with zero attached hydrogens (tertiary/aromatic N) is 3. The van der Waals surface area contributed by atoms with Gasteiger partial charge in [-0.05, 0) is 34.1 Å². The molecule has 0 saturated carbocycles. The molecule has 0 unspecified atom stereocenters. The predicted octanol–water partition coefficient (Wildman–Crippen LogP) is 0.638. The normalized spacial score (nSPS) is 11.7. The summed E-state index contributed by atoms with van der Waals surface area (Å²) in [7, 11) is -1.89. The average molecular weight is 346 g/mol. The molecule has 0 spiro atoms. The smallest absolute Gasteiger partial charge is 0.241 e. The van der Waals surface area contributed by atoms with E-state index < -0.39 is 10.0 Å². The number of anilines is 1. The lowest BCUT2D eigenvalue weighted by Gasteiger charge is -2.07. The first kappa shape index (κ1) is 14.0. The van der Waals surface area contributed by atoms with Crippen LogP contribution in [0.5, 0.6) is 0 Å². The van der Waals surface area contributed by atoms with Crippen LogP contribution in [0.25, 0.3) is 0 Å². The molecule has 0 fully saturated rings. The van der Waals surface area contributed by atoms with E-state index in [0.717, 1.165) is 0 Å². The number of hydrogen-bond acceptors (Lipinski definition) is 5. The average Bonchev–Trinajstić information content (AvgIpc) is 2.76. The van der Waals surface area contributed by atoms with Crippen molar-refractivity contribution in [3.63, 3.8) is 0 Å². The van der Waals surface area contributed by atoms with Gasteiger partial charge in [0.1, 0.15) is 12.2 Å². The van der Waals surface area contributed by atoms with Gasteiger partial charge in [0.2, 0.25) is 10.0 Å². The number of halogens is 1. The van der Waals surface area contributed by atoms with Crippen LogP contribution in [0.1, 0.15) is 5.82 Å².